The molecular formula is C14H25NO4. The summed E-state index contributed by atoms with van der Waals surface area (Å²) in [7, 11) is 1.82. The van der Waals surface area contributed by atoms with Crippen molar-refractivity contribution < 1.29 is 19.0 Å². The molecule has 1 heterocycles. The maximum Gasteiger partial charge on any atom is 0.329 e. The Balaban J connectivity index is 1.87. The third-order valence-corrected chi connectivity index (χ3v) is 4.07. The van der Waals surface area contributed by atoms with Gasteiger partial charge in [-0.25, -0.2) is 4.79 Å². The first kappa shape index (κ1) is 14.8. The minimum atomic E-state index is -0.657. The lowest BCUT2D eigenvalue weighted by atomic mass is 9.94. The summed E-state index contributed by atoms with van der Waals surface area (Å²) < 4.78 is 16.3. The quantitative estimate of drug-likeness (QED) is 0.667. The van der Waals surface area contributed by atoms with Gasteiger partial charge in [-0.15, -0.1) is 0 Å². The molecule has 5 nitrogen and oxygen atoms in total. The van der Waals surface area contributed by atoms with Crippen molar-refractivity contribution >= 4 is 5.97 Å². The van der Waals surface area contributed by atoms with Crippen molar-refractivity contribution in [2.24, 2.45) is 11.8 Å². The molecule has 5 heteroatoms. The monoisotopic (exact) mass is 271 g/mol. The average Bonchev–Trinajstić information content (AvgIpc) is 3.13. The van der Waals surface area contributed by atoms with Gasteiger partial charge < -0.3 is 19.5 Å². The van der Waals surface area contributed by atoms with E-state index in [1.54, 1.807) is 0 Å². The summed E-state index contributed by atoms with van der Waals surface area (Å²) in [5, 5.41) is 3.16. The molecule has 110 valence electrons. The van der Waals surface area contributed by atoms with Crippen molar-refractivity contribution in [1.82, 2.24) is 5.32 Å². The molecule has 19 heavy (non-hydrogen) atoms. The Labute approximate surface area is 115 Å². The average molecular weight is 271 g/mol. The van der Waals surface area contributed by atoms with Crippen molar-refractivity contribution in [1.29, 1.82) is 0 Å². The van der Waals surface area contributed by atoms with Gasteiger partial charge in [0.15, 0.2) is 0 Å². The Morgan fingerprint density at radius 3 is 2.74 bits per heavy atom. The maximum absolute atomic E-state index is 12.2. The zero-order valence-electron chi connectivity index (χ0n) is 11.9. The standard InChI is InChI=1S/C14H25NO4/c1-3-19-13(16)14(15-2,12-4-5-12)10-18-9-11-6-7-17-8-11/h11-12,15H,3-10H2,1-2H3. The van der Waals surface area contributed by atoms with E-state index in [-0.39, 0.29) is 5.97 Å². The Hall–Kier alpha value is -0.650. The molecule has 2 atom stereocenters. The fourth-order valence-electron chi connectivity index (χ4n) is 2.66. The van der Waals surface area contributed by atoms with Crippen LogP contribution in [0.1, 0.15) is 26.2 Å². The van der Waals surface area contributed by atoms with Crippen molar-refractivity contribution in [2.75, 3.05) is 40.1 Å². The van der Waals surface area contributed by atoms with Gasteiger partial charge in [0, 0.05) is 12.5 Å². The first-order valence-electron chi connectivity index (χ1n) is 7.24. The van der Waals surface area contributed by atoms with Gasteiger partial charge >= 0.3 is 5.97 Å². The lowest BCUT2D eigenvalue weighted by Gasteiger charge is -2.31. The third-order valence-electron chi connectivity index (χ3n) is 4.07. The van der Waals surface area contributed by atoms with Crippen molar-refractivity contribution in [3.05, 3.63) is 0 Å². The van der Waals surface area contributed by atoms with Crippen LogP contribution >= 0.6 is 0 Å². The van der Waals surface area contributed by atoms with Crippen LogP contribution in [0.2, 0.25) is 0 Å². The number of carbonyl (C=O) groups excluding carboxylic acids is 1. The first-order chi connectivity index (χ1) is 9.23. The maximum atomic E-state index is 12.2. The molecule has 0 aromatic heterocycles. The summed E-state index contributed by atoms with van der Waals surface area (Å²) in [5.74, 6) is 0.634. The van der Waals surface area contributed by atoms with Crippen LogP contribution in [0.15, 0.2) is 0 Å². The van der Waals surface area contributed by atoms with Crippen LogP contribution in [-0.2, 0) is 19.0 Å². The van der Waals surface area contributed by atoms with Crippen molar-refractivity contribution in [3.8, 4) is 0 Å². The van der Waals surface area contributed by atoms with E-state index in [0.29, 0.717) is 31.7 Å². The highest BCUT2D eigenvalue weighted by molar-refractivity contribution is 5.82. The molecule has 2 fully saturated rings. The molecule has 2 aliphatic rings. The van der Waals surface area contributed by atoms with E-state index in [1.165, 1.54) is 0 Å². The molecule has 0 radical (unpaired) electrons. The zero-order chi connectivity index (χ0) is 13.7. The highest BCUT2D eigenvalue weighted by Gasteiger charge is 2.51. The van der Waals surface area contributed by atoms with Crippen molar-refractivity contribution in [3.63, 3.8) is 0 Å². The molecule has 1 saturated carbocycles. The molecule has 0 spiro atoms. The normalized spacial score (nSPS) is 26.1. The van der Waals surface area contributed by atoms with Crippen LogP contribution in [-0.4, -0.2) is 51.6 Å². The van der Waals surface area contributed by atoms with Gasteiger partial charge in [-0.2, -0.15) is 0 Å². The molecule has 1 aliphatic carbocycles. The highest BCUT2D eigenvalue weighted by atomic mass is 16.5. The van der Waals surface area contributed by atoms with Crippen LogP contribution < -0.4 is 5.32 Å². The highest BCUT2D eigenvalue weighted by Crippen LogP contribution is 2.40. The predicted molar refractivity (Wildman–Crippen MR) is 70.9 cm³/mol. The lowest BCUT2D eigenvalue weighted by molar-refractivity contribution is -0.155. The molecule has 1 saturated heterocycles. The van der Waals surface area contributed by atoms with Crippen LogP contribution in [0.4, 0.5) is 0 Å². The summed E-state index contributed by atoms with van der Waals surface area (Å²) in [6.45, 7) is 4.90. The second kappa shape index (κ2) is 6.68. The van der Waals surface area contributed by atoms with Gasteiger partial charge in [0.1, 0.15) is 5.54 Å². The summed E-state index contributed by atoms with van der Waals surface area (Å²) in [4.78, 5) is 12.2. The van der Waals surface area contributed by atoms with Crippen LogP contribution in [0.3, 0.4) is 0 Å². The zero-order valence-corrected chi connectivity index (χ0v) is 11.9. The van der Waals surface area contributed by atoms with Gasteiger partial charge in [0.2, 0.25) is 0 Å². The van der Waals surface area contributed by atoms with Crippen molar-refractivity contribution in [2.45, 2.75) is 31.7 Å². The fraction of sp³-hybridized carbons (Fsp3) is 0.929. The Kier molecular flexibility index (Phi) is 5.19. The van der Waals surface area contributed by atoms with E-state index in [2.05, 4.69) is 5.32 Å². The Morgan fingerprint density at radius 1 is 1.42 bits per heavy atom. The second-order valence-corrected chi connectivity index (χ2v) is 5.46. The molecular weight excluding hydrogens is 246 g/mol. The molecule has 0 aromatic carbocycles. The van der Waals surface area contributed by atoms with Gasteiger partial charge in [-0.1, -0.05) is 0 Å². The smallest absolute Gasteiger partial charge is 0.329 e. The van der Waals surface area contributed by atoms with Crippen LogP contribution in [0, 0.1) is 11.8 Å². The number of hydrogen-bond acceptors (Lipinski definition) is 5. The number of rotatable bonds is 8. The molecule has 1 N–H and O–H groups in total. The van der Waals surface area contributed by atoms with Gasteiger partial charge in [0.05, 0.1) is 26.4 Å². The van der Waals surface area contributed by atoms with E-state index in [4.69, 9.17) is 14.2 Å². The number of carbonyl (C=O) groups is 1. The van der Waals surface area contributed by atoms with E-state index in [9.17, 15) is 4.79 Å². The number of esters is 1. The summed E-state index contributed by atoms with van der Waals surface area (Å²) >= 11 is 0. The Bertz CT molecular complexity index is 300. The number of likely N-dealkylation sites (N-methyl/N-ethyl adjacent to an activating group) is 1. The van der Waals surface area contributed by atoms with E-state index in [0.717, 1.165) is 32.5 Å². The molecule has 1 aliphatic heterocycles. The molecule has 2 unspecified atom stereocenters. The number of ether oxygens (including phenoxy) is 3. The first-order valence-corrected chi connectivity index (χ1v) is 7.24. The van der Waals surface area contributed by atoms with Gasteiger partial charge in [-0.05, 0) is 39.2 Å². The minimum absolute atomic E-state index is 0.178. The molecule has 0 amide bonds. The SMILES string of the molecule is CCOC(=O)C(COCC1CCOC1)(NC)C1CC1. The van der Waals surface area contributed by atoms with Crippen LogP contribution in [0.25, 0.3) is 0 Å². The van der Waals surface area contributed by atoms with Crippen LogP contribution in [0.5, 0.6) is 0 Å². The topological polar surface area (TPSA) is 56.8 Å². The molecule has 0 bridgehead atoms. The third kappa shape index (κ3) is 3.46. The van der Waals surface area contributed by atoms with Gasteiger partial charge in [0.25, 0.3) is 0 Å². The number of hydrogen-bond donors (Lipinski definition) is 1. The fourth-order valence-corrected chi connectivity index (χ4v) is 2.66. The largest absolute Gasteiger partial charge is 0.465 e. The van der Waals surface area contributed by atoms with E-state index < -0.39 is 5.54 Å². The summed E-state index contributed by atoms with van der Waals surface area (Å²) in [5.41, 5.74) is -0.657. The van der Waals surface area contributed by atoms with E-state index in [1.807, 2.05) is 14.0 Å². The van der Waals surface area contributed by atoms with Gasteiger partial charge in [-0.3, -0.25) is 0 Å². The Morgan fingerprint density at radius 2 is 2.21 bits per heavy atom. The molecule has 0 aromatic rings. The predicted octanol–water partition coefficient (Wildman–Crippen LogP) is 0.971. The lowest BCUT2D eigenvalue weighted by Crippen LogP contribution is -2.57. The van der Waals surface area contributed by atoms with E-state index >= 15 is 0 Å². The molecule has 2 rings (SSSR count). The minimum Gasteiger partial charge on any atom is -0.465 e. The summed E-state index contributed by atoms with van der Waals surface area (Å²) in [6, 6.07) is 0. The second-order valence-electron chi connectivity index (χ2n) is 5.46. The number of nitrogens with one attached hydrogen (secondary N) is 1. The summed E-state index contributed by atoms with van der Waals surface area (Å²) in [6.07, 6.45) is 3.18.